The zero-order valence-electron chi connectivity index (χ0n) is 10.9. The molecule has 0 aliphatic heterocycles. The fourth-order valence-corrected chi connectivity index (χ4v) is 1.46. The first-order valence-electron chi connectivity index (χ1n) is 5.97. The Morgan fingerprint density at radius 2 is 2.00 bits per heavy atom. The largest absolute Gasteiger partial charge is 0.480 e. The van der Waals surface area contributed by atoms with Gasteiger partial charge in [0.1, 0.15) is 12.1 Å². The van der Waals surface area contributed by atoms with Crippen LogP contribution in [0.3, 0.4) is 0 Å². The van der Waals surface area contributed by atoms with Gasteiger partial charge in [-0.1, -0.05) is 0 Å². The van der Waals surface area contributed by atoms with Crippen LogP contribution in [0.4, 0.5) is 0 Å². The van der Waals surface area contributed by atoms with Gasteiger partial charge in [0.05, 0.1) is 6.54 Å². The molecule has 21 heavy (non-hydrogen) atoms. The molecule has 0 radical (unpaired) electrons. The summed E-state index contributed by atoms with van der Waals surface area (Å²) in [5.41, 5.74) is 4.59. The lowest BCUT2D eigenvalue weighted by Gasteiger charge is -2.14. The summed E-state index contributed by atoms with van der Waals surface area (Å²) in [6.07, 6.45) is 0.893. The molecule has 5 N–H and O–H groups in total. The quantitative estimate of drug-likeness (QED) is 0.436. The van der Waals surface area contributed by atoms with Crippen molar-refractivity contribution in [2.45, 2.75) is 31.5 Å². The molecule has 0 bridgehead atoms. The summed E-state index contributed by atoms with van der Waals surface area (Å²) < 4.78 is 5.60. The molecule has 1 heterocycles. The number of carboxylic acids is 2. The number of rotatable bonds is 8. The topological polar surface area (TPSA) is 165 Å². The Balaban J connectivity index is 2.54. The molecule has 0 spiro atoms. The average molecular weight is 301 g/mol. The smallest absolute Gasteiger partial charge is 0.357 e. The molecule has 0 saturated heterocycles. The standard InChI is InChI=1S/C11H15N3O7/c12-6(10(17)18)1-2-8(15)13-7(11(19)20)5-14-4-3-9(16)21-14/h3-4,6-7H,1-2,5,12H2,(H,13,15)(H,17,18)(H,19,20)/t6?,7-/m0/s1. The van der Waals surface area contributed by atoms with Crippen molar-refractivity contribution in [1.29, 1.82) is 0 Å². The normalized spacial score (nSPS) is 13.4. The summed E-state index contributed by atoms with van der Waals surface area (Å²) in [5, 5.41) is 19.8. The number of nitrogens with zero attached hydrogens (tertiary/aromatic N) is 1. The first kappa shape index (κ1) is 16.4. The minimum Gasteiger partial charge on any atom is -0.480 e. The molecule has 1 rings (SSSR count). The van der Waals surface area contributed by atoms with Crippen molar-refractivity contribution in [3.05, 3.63) is 22.7 Å². The lowest BCUT2D eigenvalue weighted by molar-refractivity contribution is -0.143. The minimum absolute atomic E-state index is 0.119. The predicted octanol–water partition coefficient (Wildman–Crippen LogP) is -1.80. The van der Waals surface area contributed by atoms with Crippen LogP contribution in [0.25, 0.3) is 0 Å². The first-order chi connectivity index (χ1) is 9.79. The number of nitrogens with one attached hydrogen (secondary N) is 1. The third kappa shape index (κ3) is 5.48. The zero-order valence-corrected chi connectivity index (χ0v) is 10.9. The van der Waals surface area contributed by atoms with E-state index >= 15 is 0 Å². The van der Waals surface area contributed by atoms with Gasteiger partial charge in [0.25, 0.3) is 0 Å². The first-order valence-corrected chi connectivity index (χ1v) is 5.97. The molecule has 2 atom stereocenters. The number of carboxylic acid groups (broad SMARTS) is 2. The van der Waals surface area contributed by atoms with Gasteiger partial charge in [-0.05, 0) is 6.42 Å². The number of hydrogen-bond acceptors (Lipinski definition) is 6. The van der Waals surface area contributed by atoms with Gasteiger partial charge in [0.2, 0.25) is 5.91 Å². The maximum absolute atomic E-state index is 11.6. The highest BCUT2D eigenvalue weighted by Gasteiger charge is 2.22. The van der Waals surface area contributed by atoms with Crippen LogP contribution >= 0.6 is 0 Å². The maximum Gasteiger partial charge on any atom is 0.357 e. The number of carbonyl (C=O) groups excluding carboxylic acids is 1. The summed E-state index contributed by atoms with van der Waals surface area (Å²) >= 11 is 0. The molecule has 0 aliphatic rings. The predicted molar refractivity (Wildman–Crippen MR) is 67.4 cm³/mol. The maximum atomic E-state index is 11.6. The van der Waals surface area contributed by atoms with Crippen molar-refractivity contribution in [2.75, 3.05) is 0 Å². The van der Waals surface area contributed by atoms with Gasteiger partial charge < -0.3 is 25.8 Å². The second kappa shape index (κ2) is 7.24. The molecule has 10 nitrogen and oxygen atoms in total. The molecule has 0 fully saturated rings. The number of carbonyl (C=O) groups is 3. The molecule has 116 valence electrons. The van der Waals surface area contributed by atoms with E-state index in [9.17, 15) is 19.2 Å². The molecule has 0 aromatic carbocycles. The van der Waals surface area contributed by atoms with E-state index in [1.165, 1.54) is 6.20 Å². The van der Waals surface area contributed by atoms with Crippen LogP contribution in [0.5, 0.6) is 0 Å². The van der Waals surface area contributed by atoms with Crippen molar-refractivity contribution in [3.63, 3.8) is 0 Å². The summed E-state index contributed by atoms with van der Waals surface area (Å²) in [5.74, 6) is -3.22. The summed E-state index contributed by atoms with van der Waals surface area (Å²) in [7, 11) is 0. The van der Waals surface area contributed by atoms with Crippen molar-refractivity contribution >= 4 is 17.8 Å². The molecule has 1 aromatic heterocycles. The van der Waals surface area contributed by atoms with E-state index in [1.807, 2.05) is 0 Å². The Labute approximate surface area is 118 Å². The highest BCUT2D eigenvalue weighted by molar-refractivity contribution is 5.84. The Morgan fingerprint density at radius 3 is 2.48 bits per heavy atom. The number of nitrogens with two attached hydrogens (primary N) is 1. The minimum atomic E-state index is -1.32. The fourth-order valence-electron chi connectivity index (χ4n) is 1.46. The SMILES string of the molecule is NC(CCC(=O)N[C@@H](Cn1ccc(=O)o1)C(=O)O)C(=O)O. The van der Waals surface area contributed by atoms with E-state index in [2.05, 4.69) is 9.84 Å². The lowest BCUT2D eigenvalue weighted by Crippen LogP contribution is -2.44. The van der Waals surface area contributed by atoms with Gasteiger partial charge in [0.15, 0.2) is 0 Å². The van der Waals surface area contributed by atoms with Crippen molar-refractivity contribution in [2.24, 2.45) is 5.73 Å². The monoisotopic (exact) mass is 301 g/mol. The molecule has 1 aromatic rings. The second-order valence-electron chi connectivity index (χ2n) is 4.27. The van der Waals surface area contributed by atoms with Crippen LogP contribution < -0.4 is 16.7 Å². The molecule has 1 unspecified atom stereocenters. The number of aliphatic carboxylic acids is 2. The number of amides is 1. The van der Waals surface area contributed by atoms with Gasteiger partial charge in [-0.25, -0.2) is 14.3 Å². The summed E-state index contributed by atoms with van der Waals surface area (Å²) in [6, 6.07) is -1.40. The van der Waals surface area contributed by atoms with E-state index in [1.54, 1.807) is 0 Å². The van der Waals surface area contributed by atoms with Crippen LogP contribution in [0.1, 0.15) is 12.8 Å². The highest BCUT2D eigenvalue weighted by atomic mass is 16.5. The van der Waals surface area contributed by atoms with Crippen molar-refractivity contribution in [1.82, 2.24) is 10.1 Å². The second-order valence-corrected chi connectivity index (χ2v) is 4.27. The molecule has 0 aliphatic carbocycles. The Kier molecular flexibility index (Phi) is 5.67. The van der Waals surface area contributed by atoms with Crippen LogP contribution in [0.15, 0.2) is 21.6 Å². The number of aromatic nitrogens is 1. The van der Waals surface area contributed by atoms with Crippen LogP contribution in [-0.2, 0) is 20.9 Å². The van der Waals surface area contributed by atoms with Crippen LogP contribution in [-0.4, -0.2) is 44.9 Å². The van der Waals surface area contributed by atoms with E-state index < -0.39 is 35.6 Å². The van der Waals surface area contributed by atoms with E-state index in [4.69, 9.17) is 15.9 Å². The Morgan fingerprint density at radius 1 is 1.33 bits per heavy atom. The third-order valence-electron chi connectivity index (χ3n) is 2.58. The summed E-state index contributed by atoms with van der Waals surface area (Å²) in [4.78, 5) is 43.9. The van der Waals surface area contributed by atoms with E-state index in [0.717, 1.165) is 10.8 Å². The Bertz CT molecular complexity index is 576. The fraction of sp³-hybridized carbons (Fsp3) is 0.455. The molecule has 0 saturated carbocycles. The van der Waals surface area contributed by atoms with Gasteiger partial charge >= 0.3 is 17.6 Å². The zero-order chi connectivity index (χ0) is 16.0. The highest BCUT2D eigenvalue weighted by Crippen LogP contribution is 1.98. The molecule has 10 heteroatoms. The molecular weight excluding hydrogens is 286 g/mol. The van der Waals surface area contributed by atoms with E-state index in [-0.39, 0.29) is 19.4 Å². The van der Waals surface area contributed by atoms with Crippen molar-refractivity contribution < 1.29 is 29.1 Å². The van der Waals surface area contributed by atoms with Crippen molar-refractivity contribution in [3.8, 4) is 0 Å². The molecule has 1 amide bonds. The van der Waals surface area contributed by atoms with Gasteiger partial charge in [-0.2, -0.15) is 0 Å². The van der Waals surface area contributed by atoms with Gasteiger partial charge in [0, 0.05) is 18.7 Å². The van der Waals surface area contributed by atoms with Gasteiger partial charge in [-0.15, -0.1) is 0 Å². The third-order valence-corrected chi connectivity index (χ3v) is 2.58. The lowest BCUT2D eigenvalue weighted by atomic mass is 10.1. The number of hydrogen-bond donors (Lipinski definition) is 4. The summed E-state index contributed by atoms with van der Waals surface area (Å²) in [6.45, 7) is -0.270. The van der Waals surface area contributed by atoms with E-state index in [0.29, 0.717) is 0 Å². The Hall–Kier alpha value is -2.62. The van der Waals surface area contributed by atoms with Crippen LogP contribution in [0.2, 0.25) is 0 Å². The molecular formula is C11H15N3O7. The van der Waals surface area contributed by atoms with Gasteiger partial charge in [-0.3, -0.25) is 9.59 Å². The van der Waals surface area contributed by atoms with Crippen LogP contribution in [0, 0.1) is 0 Å². The average Bonchev–Trinajstić information content (AvgIpc) is 2.80.